The number of carbonyl (C=O) groups is 1. The summed E-state index contributed by atoms with van der Waals surface area (Å²) < 4.78 is 0. The number of carbonyl (C=O) groups excluding carboxylic acids is 1. The molecular weight excluding hydrogens is 368 g/mol. The van der Waals surface area contributed by atoms with Crippen molar-refractivity contribution < 1.29 is 14.6 Å². The number of aryl methyl sites for hydroxylation is 1. The van der Waals surface area contributed by atoms with Crippen molar-refractivity contribution in [2.24, 2.45) is 0 Å². The molecule has 0 aliphatic carbocycles. The fourth-order valence-electron chi connectivity index (χ4n) is 3.23. The second-order valence-corrected chi connectivity index (χ2v) is 7.13. The second kappa shape index (κ2) is 8.37. The summed E-state index contributed by atoms with van der Waals surface area (Å²) in [5, 5.41) is 14.3. The highest BCUT2D eigenvalue weighted by Crippen LogP contribution is 2.20. The van der Waals surface area contributed by atoms with Gasteiger partial charge in [0, 0.05) is 28.5 Å². The SMILES string of the molecule is Cc1cc(Cl)ccc1NC(=O)C[NH+]1CCN(c2ccc([N+](=O)[O-])cc2)CC1. The quantitative estimate of drug-likeness (QED) is 0.604. The molecule has 8 heteroatoms. The summed E-state index contributed by atoms with van der Waals surface area (Å²) in [5.41, 5.74) is 2.79. The molecule has 0 radical (unpaired) electrons. The largest absolute Gasteiger partial charge is 0.360 e. The van der Waals surface area contributed by atoms with E-state index in [9.17, 15) is 14.9 Å². The van der Waals surface area contributed by atoms with Gasteiger partial charge in [0.25, 0.3) is 11.6 Å². The Bertz CT molecular complexity index is 833. The van der Waals surface area contributed by atoms with Gasteiger partial charge in [-0.25, -0.2) is 0 Å². The third-order valence-corrected chi connectivity index (χ3v) is 5.00. The summed E-state index contributed by atoms with van der Waals surface area (Å²) >= 11 is 5.94. The lowest BCUT2D eigenvalue weighted by Crippen LogP contribution is -3.15. The molecule has 2 aromatic carbocycles. The first-order chi connectivity index (χ1) is 12.9. The van der Waals surface area contributed by atoms with Crippen molar-refractivity contribution in [1.29, 1.82) is 0 Å². The Balaban J connectivity index is 1.50. The average Bonchev–Trinajstić information content (AvgIpc) is 2.65. The first-order valence-electron chi connectivity index (χ1n) is 8.81. The molecule has 0 saturated carbocycles. The molecule has 1 heterocycles. The molecule has 142 valence electrons. The number of nitrogens with zero attached hydrogens (tertiary/aromatic N) is 2. The number of nitro benzene ring substituents is 1. The normalized spacial score (nSPS) is 14.8. The van der Waals surface area contributed by atoms with Crippen molar-refractivity contribution in [3.8, 4) is 0 Å². The number of quaternary nitrogens is 1. The number of benzene rings is 2. The Morgan fingerprint density at radius 3 is 2.48 bits per heavy atom. The minimum atomic E-state index is -0.396. The third-order valence-electron chi connectivity index (χ3n) is 4.77. The van der Waals surface area contributed by atoms with E-state index >= 15 is 0 Å². The zero-order chi connectivity index (χ0) is 19.4. The molecule has 0 aromatic heterocycles. The van der Waals surface area contributed by atoms with Crippen LogP contribution in [0.15, 0.2) is 42.5 Å². The van der Waals surface area contributed by atoms with Crippen LogP contribution >= 0.6 is 11.6 Å². The molecule has 0 atom stereocenters. The van der Waals surface area contributed by atoms with E-state index < -0.39 is 4.92 Å². The summed E-state index contributed by atoms with van der Waals surface area (Å²) in [4.78, 5) is 26.1. The molecule has 2 N–H and O–H groups in total. The Morgan fingerprint density at radius 1 is 1.22 bits per heavy atom. The minimum absolute atomic E-state index is 0.0146. The lowest BCUT2D eigenvalue weighted by Gasteiger charge is -2.33. The van der Waals surface area contributed by atoms with Gasteiger partial charge < -0.3 is 15.1 Å². The van der Waals surface area contributed by atoms with Gasteiger partial charge in [-0.2, -0.15) is 0 Å². The van der Waals surface area contributed by atoms with E-state index in [4.69, 9.17) is 11.6 Å². The maximum absolute atomic E-state index is 12.3. The highest BCUT2D eigenvalue weighted by molar-refractivity contribution is 6.30. The molecule has 1 aliphatic rings. The lowest BCUT2D eigenvalue weighted by molar-refractivity contribution is -0.892. The van der Waals surface area contributed by atoms with Gasteiger partial charge in [-0.05, 0) is 42.8 Å². The van der Waals surface area contributed by atoms with E-state index in [-0.39, 0.29) is 11.6 Å². The van der Waals surface area contributed by atoms with Crippen LogP contribution in [-0.4, -0.2) is 43.6 Å². The fraction of sp³-hybridized carbons (Fsp3) is 0.316. The van der Waals surface area contributed by atoms with Crippen LogP contribution in [0.1, 0.15) is 5.56 Å². The van der Waals surface area contributed by atoms with E-state index in [1.165, 1.54) is 17.0 Å². The highest BCUT2D eigenvalue weighted by atomic mass is 35.5. The van der Waals surface area contributed by atoms with Crippen LogP contribution in [0.25, 0.3) is 0 Å². The van der Waals surface area contributed by atoms with Crippen molar-refractivity contribution in [3.05, 3.63) is 63.2 Å². The van der Waals surface area contributed by atoms with Gasteiger partial charge in [0.05, 0.1) is 31.1 Å². The Labute approximate surface area is 162 Å². The van der Waals surface area contributed by atoms with Gasteiger partial charge in [0.2, 0.25) is 0 Å². The van der Waals surface area contributed by atoms with Crippen LogP contribution < -0.4 is 15.1 Å². The number of halogens is 1. The van der Waals surface area contributed by atoms with Crippen LogP contribution in [0.4, 0.5) is 17.1 Å². The molecule has 0 bridgehead atoms. The number of hydrogen-bond acceptors (Lipinski definition) is 4. The molecule has 0 spiro atoms. The number of hydrogen-bond donors (Lipinski definition) is 2. The number of amides is 1. The lowest BCUT2D eigenvalue weighted by atomic mass is 10.2. The smallest absolute Gasteiger partial charge is 0.279 e. The van der Waals surface area contributed by atoms with Gasteiger partial charge in [-0.1, -0.05) is 11.6 Å². The zero-order valence-corrected chi connectivity index (χ0v) is 15.8. The van der Waals surface area contributed by atoms with Crippen LogP contribution in [0.2, 0.25) is 5.02 Å². The summed E-state index contributed by atoms with van der Waals surface area (Å²) in [6.45, 7) is 5.61. The van der Waals surface area contributed by atoms with Crippen LogP contribution in [0.5, 0.6) is 0 Å². The Hall–Kier alpha value is -2.64. The molecule has 2 aromatic rings. The first-order valence-corrected chi connectivity index (χ1v) is 9.19. The van der Waals surface area contributed by atoms with Crippen molar-refractivity contribution in [1.82, 2.24) is 0 Å². The van der Waals surface area contributed by atoms with Crippen molar-refractivity contribution in [2.45, 2.75) is 6.92 Å². The topological polar surface area (TPSA) is 79.9 Å². The summed E-state index contributed by atoms with van der Waals surface area (Å²) in [6, 6.07) is 12.0. The van der Waals surface area contributed by atoms with Gasteiger partial charge >= 0.3 is 0 Å². The van der Waals surface area contributed by atoms with E-state index in [1.807, 2.05) is 19.1 Å². The van der Waals surface area contributed by atoms with Gasteiger partial charge in [-0.3, -0.25) is 14.9 Å². The standard InChI is InChI=1S/C19H21ClN4O3/c1-14-12-15(20)2-7-18(14)21-19(25)13-22-8-10-23(11-9-22)16-3-5-17(6-4-16)24(26)27/h2-7,12H,8-11,13H2,1H3,(H,21,25)/p+1. The van der Waals surface area contributed by atoms with Crippen LogP contribution in [-0.2, 0) is 4.79 Å². The molecule has 1 saturated heterocycles. The number of rotatable bonds is 5. The summed E-state index contributed by atoms with van der Waals surface area (Å²) in [7, 11) is 0. The van der Waals surface area contributed by atoms with Gasteiger partial charge in [0.1, 0.15) is 0 Å². The molecule has 1 amide bonds. The van der Waals surface area contributed by atoms with Crippen molar-refractivity contribution in [3.63, 3.8) is 0 Å². The summed E-state index contributed by atoms with van der Waals surface area (Å²) in [6.07, 6.45) is 0. The molecule has 1 fully saturated rings. The predicted octanol–water partition coefficient (Wildman–Crippen LogP) is 1.90. The Kier molecular flexibility index (Phi) is 5.93. The van der Waals surface area contributed by atoms with Crippen LogP contribution in [0.3, 0.4) is 0 Å². The number of non-ortho nitro benzene ring substituents is 1. The number of piperazine rings is 1. The highest BCUT2D eigenvalue weighted by Gasteiger charge is 2.23. The maximum atomic E-state index is 12.3. The van der Waals surface area contributed by atoms with Crippen molar-refractivity contribution in [2.75, 3.05) is 42.9 Å². The van der Waals surface area contributed by atoms with E-state index in [0.29, 0.717) is 11.6 Å². The van der Waals surface area contributed by atoms with E-state index in [2.05, 4.69) is 10.2 Å². The number of nitro groups is 1. The third kappa shape index (κ3) is 4.96. The zero-order valence-electron chi connectivity index (χ0n) is 15.1. The Morgan fingerprint density at radius 2 is 1.89 bits per heavy atom. The van der Waals surface area contributed by atoms with E-state index in [1.54, 1.807) is 18.2 Å². The molecule has 3 rings (SSSR count). The number of nitrogens with one attached hydrogen (secondary N) is 2. The number of anilines is 2. The fourth-order valence-corrected chi connectivity index (χ4v) is 3.46. The van der Waals surface area contributed by atoms with Crippen molar-refractivity contribution >= 4 is 34.6 Å². The second-order valence-electron chi connectivity index (χ2n) is 6.69. The molecule has 0 unspecified atom stereocenters. The molecule has 7 nitrogen and oxygen atoms in total. The summed E-state index contributed by atoms with van der Waals surface area (Å²) in [5.74, 6) is -0.0146. The van der Waals surface area contributed by atoms with Gasteiger partial charge in [0.15, 0.2) is 6.54 Å². The molecule has 1 aliphatic heterocycles. The van der Waals surface area contributed by atoms with Crippen LogP contribution in [0, 0.1) is 17.0 Å². The van der Waals surface area contributed by atoms with E-state index in [0.717, 1.165) is 43.1 Å². The molecular formula is C19H22ClN4O3+. The predicted molar refractivity (Wildman–Crippen MR) is 106 cm³/mol. The van der Waals surface area contributed by atoms with Gasteiger partial charge in [-0.15, -0.1) is 0 Å². The maximum Gasteiger partial charge on any atom is 0.279 e. The molecule has 27 heavy (non-hydrogen) atoms. The monoisotopic (exact) mass is 389 g/mol. The first kappa shape index (κ1) is 19.1. The average molecular weight is 390 g/mol. The minimum Gasteiger partial charge on any atom is -0.360 e.